The number of allylic oxidation sites excluding steroid dienone is 2. The molecule has 20 heavy (non-hydrogen) atoms. The fourth-order valence-corrected chi connectivity index (χ4v) is 2.71. The molecule has 0 spiro atoms. The minimum Gasteiger partial charge on any atom is -0.480 e. The Morgan fingerprint density at radius 3 is 2.50 bits per heavy atom. The van der Waals surface area contributed by atoms with Gasteiger partial charge in [-0.25, -0.2) is 0 Å². The largest absolute Gasteiger partial charge is 0.480 e. The van der Waals surface area contributed by atoms with Gasteiger partial charge in [0.1, 0.15) is 12.2 Å². The van der Waals surface area contributed by atoms with Gasteiger partial charge in [0.25, 0.3) is 5.92 Å². The standard InChI is InChI=1S/C11H7F5N2O2/c12-10(13)5-2-1-4(5)7-8(11(14,15)16)17-18(9(7)10)3-6(19)20/h1-2,4-5H,3H2,(H,19,20)/t4-,5+/m0/s1. The van der Waals surface area contributed by atoms with E-state index < -0.39 is 53.4 Å². The number of aromatic nitrogens is 2. The second-order valence-corrected chi connectivity index (χ2v) is 4.72. The Labute approximate surface area is 108 Å². The molecule has 0 amide bonds. The summed E-state index contributed by atoms with van der Waals surface area (Å²) in [5.74, 6) is -7.48. The summed E-state index contributed by atoms with van der Waals surface area (Å²) in [6.45, 7) is -1.03. The van der Waals surface area contributed by atoms with Crippen LogP contribution in [0.1, 0.15) is 22.9 Å². The summed E-state index contributed by atoms with van der Waals surface area (Å²) in [6.07, 6.45) is -2.51. The highest BCUT2D eigenvalue weighted by Crippen LogP contribution is 2.60. The molecule has 0 saturated heterocycles. The molecule has 0 aliphatic heterocycles. The number of carboxylic acids is 1. The van der Waals surface area contributed by atoms with Gasteiger partial charge in [-0.2, -0.15) is 27.1 Å². The minimum absolute atomic E-state index is 0.250. The first kappa shape index (κ1) is 13.1. The van der Waals surface area contributed by atoms with Crippen molar-refractivity contribution >= 4 is 5.97 Å². The second kappa shape index (κ2) is 3.58. The maximum absolute atomic E-state index is 14.1. The van der Waals surface area contributed by atoms with E-state index in [-0.39, 0.29) is 4.68 Å². The van der Waals surface area contributed by atoms with Gasteiger partial charge in [-0.3, -0.25) is 9.48 Å². The van der Waals surface area contributed by atoms with E-state index in [0.29, 0.717) is 0 Å². The van der Waals surface area contributed by atoms with Crippen LogP contribution in [0.15, 0.2) is 12.2 Å². The molecule has 2 aliphatic rings. The topological polar surface area (TPSA) is 55.1 Å². The average molecular weight is 294 g/mol. The highest BCUT2D eigenvalue weighted by Gasteiger charge is 2.61. The van der Waals surface area contributed by atoms with Gasteiger partial charge >= 0.3 is 12.1 Å². The molecule has 1 N–H and O–H groups in total. The van der Waals surface area contributed by atoms with Crippen molar-refractivity contribution in [3.05, 3.63) is 29.1 Å². The van der Waals surface area contributed by atoms with Gasteiger partial charge < -0.3 is 5.11 Å². The van der Waals surface area contributed by atoms with Crippen molar-refractivity contribution in [2.24, 2.45) is 5.92 Å². The van der Waals surface area contributed by atoms with Crippen LogP contribution in [0.25, 0.3) is 0 Å². The van der Waals surface area contributed by atoms with Crippen LogP contribution >= 0.6 is 0 Å². The Bertz CT molecular complexity index is 631. The summed E-state index contributed by atoms with van der Waals surface area (Å²) >= 11 is 0. The lowest BCUT2D eigenvalue weighted by atomic mass is 9.81. The molecule has 0 saturated carbocycles. The van der Waals surface area contributed by atoms with Crippen molar-refractivity contribution < 1.29 is 31.9 Å². The SMILES string of the molecule is O=C(O)Cn1nc(C(F)(F)F)c2c1C(F)(F)[C@@H]1C=C[C@H]21. The Hall–Kier alpha value is -1.93. The average Bonchev–Trinajstić information content (AvgIpc) is 2.59. The maximum Gasteiger partial charge on any atom is 0.435 e. The summed E-state index contributed by atoms with van der Waals surface area (Å²) < 4.78 is 67.0. The van der Waals surface area contributed by atoms with Crippen LogP contribution < -0.4 is 0 Å². The number of nitrogens with zero attached hydrogens (tertiary/aromatic N) is 2. The van der Waals surface area contributed by atoms with Gasteiger partial charge in [0.05, 0.1) is 5.92 Å². The quantitative estimate of drug-likeness (QED) is 0.673. The van der Waals surface area contributed by atoms with E-state index >= 15 is 0 Å². The number of halogens is 5. The normalized spacial score (nSPS) is 26.1. The fraction of sp³-hybridized carbons (Fsp3) is 0.455. The summed E-state index contributed by atoms with van der Waals surface area (Å²) in [4.78, 5) is 10.6. The van der Waals surface area contributed by atoms with E-state index in [9.17, 15) is 26.7 Å². The molecule has 1 heterocycles. The van der Waals surface area contributed by atoms with E-state index in [1.165, 1.54) is 6.08 Å². The van der Waals surface area contributed by atoms with Crippen molar-refractivity contribution in [1.29, 1.82) is 0 Å². The first-order chi connectivity index (χ1) is 9.14. The van der Waals surface area contributed by atoms with Crippen LogP contribution in [-0.4, -0.2) is 20.9 Å². The summed E-state index contributed by atoms with van der Waals surface area (Å²) in [5, 5.41) is 11.7. The molecular weight excluding hydrogens is 287 g/mol. The predicted octanol–water partition coefficient (Wildman–Crippen LogP) is 2.36. The smallest absolute Gasteiger partial charge is 0.435 e. The molecule has 0 aromatic carbocycles. The number of rotatable bonds is 2. The van der Waals surface area contributed by atoms with Crippen molar-refractivity contribution in [3.8, 4) is 0 Å². The molecule has 9 heteroatoms. The number of aliphatic carboxylic acids is 1. The monoisotopic (exact) mass is 294 g/mol. The molecule has 2 aliphatic carbocycles. The van der Waals surface area contributed by atoms with Crippen molar-refractivity contribution in [1.82, 2.24) is 9.78 Å². The second-order valence-electron chi connectivity index (χ2n) is 4.72. The van der Waals surface area contributed by atoms with Gasteiger partial charge in [-0.15, -0.1) is 0 Å². The van der Waals surface area contributed by atoms with E-state index in [0.717, 1.165) is 6.08 Å². The predicted molar refractivity (Wildman–Crippen MR) is 54.1 cm³/mol. The Morgan fingerprint density at radius 1 is 1.40 bits per heavy atom. The first-order valence-corrected chi connectivity index (χ1v) is 5.60. The van der Waals surface area contributed by atoms with Gasteiger partial charge in [0.2, 0.25) is 0 Å². The molecule has 0 bridgehead atoms. The van der Waals surface area contributed by atoms with Crippen LogP contribution in [0.3, 0.4) is 0 Å². The van der Waals surface area contributed by atoms with Crippen molar-refractivity contribution in [2.45, 2.75) is 24.6 Å². The third-order valence-corrected chi connectivity index (χ3v) is 3.52. The lowest BCUT2D eigenvalue weighted by molar-refractivity contribution is -0.144. The molecule has 108 valence electrons. The number of carbonyl (C=O) groups is 1. The Kier molecular flexibility index (Phi) is 2.34. The highest BCUT2D eigenvalue weighted by molar-refractivity contribution is 5.67. The van der Waals surface area contributed by atoms with E-state index in [1.807, 2.05) is 0 Å². The molecule has 4 nitrogen and oxygen atoms in total. The van der Waals surface area contributed by atoms with Crippen molar-refractivity contribution in [2.75, 3.05) is 0 Å². The molecule has 0 radical (unpaired) electrons. The van der Waals surface area contributed by atoms with Gasteiger partial charge in [0.15, 0.2) is 5.69 Å². The molecule has 1 aromatic heterocycles. The third kappa shape index (κ3) is 1.52. The number of carboxylic acid groups (broad SMARTS) is 1. The molecular formula is C11H7F5N2O2. The number of hydrogen-bond donors (Lipinski definition) is 1. The Morgan fingerprint density at radius 2 is 2.05 bits per heavy atom. The zero-order chi connectivity index (χ0) is 14.9. The summed E-state index contributed by atoms with van der Waals surface area (Å²) in [7, 11) is 0. The number of fused-ring (bicyclic) bond motifs is 3. The number of hydrogen-bond acceptors (Lipinski definition) is 2. The first-order valence-electron chi connectivity index (χ1n) is 5.60. The van der Waals surface area contributed by atoms with Crippen LogP contribution in [0.2, 0.25) is 0 Å². The lowest BCUT2D eigenvalue weighted by Crippen LogP contribution is -2.29. The molecule has 1 aromatic rings. The summed E-state index contributed by atoms with van der Waals surface area (Å²) in [5.41, 5.74) is -2.96. The van der Waals surface area contributed by atoms with Crippen LogP contribution in [-0.2, 0) is 23.4 Å². The van der Waals surface area contributed by atoms with Gasteiger partial charge in [-0.1, -0.05) is 12.2 Å². The van der Waals surface area contributed by atoms with E-state index in [2.05, 4.69) is 5.10 Å². The Balaban J connectivity index is 2.23. The maximum atomic E-state index is 14.1. The zero-order valence-electron chi connectivity index (χ0n) is 9.66. The number of alkyl halides is 5. The van der Waals surface area contributed by atoms with Crippen LogP contribution in [0, 0.1) is 5.92 Å². The van der Waals surface area contributed by atoms with Gasteiger partial charge in [-0.05, 0) is 0 Å². The third-order valence-electron chi connectivity index (χ3n) is 3.52. The highest BCUT2D eigenvalue weighted by atomic mass is 19.4. The van der Waals surface area contributed by atoms with Crippen LogP contribution in [0.4, 0.5) is 22.0 Å². The molecule has 2 atom stereocenters. The molecule has 0 fully saturated rings. The minimum atomic E-state index is -4.90. The van der Waals surface area contributed by atoms with Crippen LogP contribution in [0.5, 0.6) is 0 Å². The molecule has 3 rings (SSSR count). The van der Waals surface area contributed by atoms with Gasteiger partial charge in [0, 0.05) is 11.5 Å². The summed E-state index contributed by atoms with van der Waals surface area (Å²) in [6, 6.07) is 0. The molecule has 0 unspecified atom stereocenters. The van der Waals surface area contributed by atoms with E-state index in [1.54, 1.807) is 0 Å². The lowest BCUT2D eigenvalue weighted by Gasteiger charge is -2.27. The van der Waals surface area contributed by atoms with Crippen molar-refractivity contribution in [3.63, 3.8) is 0 Å². The van der Waals surface area contributed by atoms with E-state index in [4.69, 9.17) is 5.11 Å². The fourth-order valence-electron chi connectivity index (χ4n) is 2.71. The zero-order valence-corrected chi connectivity index (χ0v) is 9.66.